The summed E-state index contributed by atoms with van der Waals surface area (Å²) in [5.74, 6) is -2.11. The van der Waals surface area contributed by atoms with Crippen LogP contribution in [-0.4, -0.2) is 25.5 Å². The minimum absolute atomic E-state index is 0.0626. The molecular weight excluding hydrogens is 335 g/mol. The Balaban J connectivity index is 2.92. The molecule has 0 aliphatic heterocycles. The van der Waals surface area contributed by atoms with Crippen LogP contribution in [-0.2, 0) is 26.7 Å². The Morgan fingerprint density at radius 2 is 1.91 bits per heavy atom. The van der Waals surface area contributed by atoms with Gasteiger partial charge in [0.15, 0.2) is 0 Å². The maximum Gasteiger partial charge on any atom is 0.416 e. The van der Waals surface area contributed by atoms with E-state index in [0.717, 1.165) is 18.2 Å². The lowest BCUT2D eigenvalue weighted by molar-refractivity contribution is -0.139. The van der Waals surface area contributed by atoms with E-state index in [1.807, 2.05) is 4.72 Å². The van der Waals surface area contributed by atoms with Gasteiger partial charge in [-0.1, -0.05) is 32.0 Å². The molecule has 1 rings (SSSR count). The molecule has 0 unspecified atom stereocenters. The molecule has 9 heteroatoms. The van der Waals surface area contributed by atoms with Crippen LogP contribution in [0.5, 0.6) is 0 Å². The number of alkyl halides is 3. The third kappa shape index (κ3) is 6.57. The third-order valence-corrected chi connectivity index (χ3v) is 4.30. The number of hydrogen-bond donors (Lipinski definition) is 2. The van der Waals surface area contributed by atoms with Gasteiger partial charge in [-0.05, 0) is 24.0 Å². The fourth-order valence-electron chi connectivity index (χ4n) is 1.99. The molecule has 0 bridgehead atoms. The van der Waals surface area contributed by atoms with Gasteiger partial charge in [-0.2, -0.15) is 13.2 Å². The Labute approximate surface area is 132 Å². The van der Waals surface area contributed by atoms with Crippen molar-refractivity contribution in [3.8, 4) is 0 Å². The molecular formula is C14H18F3NO4S. The molecule has 0 heterocycles. The Hall–Kier alpha value is -1.61. The quantitative estimate of drug-likeness (QED) is 0.789. The van der Waals surface area contributed by atoms with Crippen LogP contribution in [0.1, 0.15) is 31.4 Å². The van der Waals surface area contributed by atoms with E-state index in [1.54, 1.807) is 13.8 Å². The number of halogens is 3. The first-order valence-electron chi connectivity index (χ1n) is 6.79. The van der Waals surface area contributed by atoms with Crippen molar-refractivity contribution in [3.63, 3.8) is 0 Å². The van der Waals surface area contributed by atoms with E-state index in [1.165, 1.54) is 6.07 Å². The molecule has 1 aromatic rings. The highest BCUT2D eigenvalue weighted by atomic mass is 32.2. The number of sulfonamides is 1. The van der Waals surface area contributed by atoms with Gasteiger partial charge in [0.05, 0.1) is 11.3 Å². The van der Waals surface area contributed by atoms with Crippen molar-refractivity contribution >= 4 is 16.0 Å². The van der Waals surface area contributed by atoms with Crippen LogP contribution in [0.2, 0.25) is 0 Å². The second kappa shape index (κ2) is 7.31. The molecule has 5 nitrogen and oxygen atoms in total. The van der Waals surface area contributed by atoms with Gasteiger partial charge >= 0.3 is 12.1 Å². The first kappa shape index (κ1) is 19.4. The minimum Gasteiger partial charge on any atom is -0.480 e. The van der Waals surface area contributed by atoms with Gasteiger partial charge in [-0.3, -0.25) is 4.79 Å². The molecule has 2 N–H and O–H groups in total. The highest BCUT2D eigenvalue weighted by Crippen LogP contribution is 2.29. The zero-order valence-electron chi connectivity index (χ0n) is 12.6. The summed E-state index contributed by atoms with van der Waals surface area (Å²) in [7, 11) is -4.08. The highest BCUT2D eigenvalue weighted by molar-refractivity contribution is 7.88. The van der Waals surface area contributed by atoms with Crippen LogP contribution in [0, 0.1) is 5.92 Å². The fraction of sp³-hybridized carbons (Fsp3) is 0.500. The zero-order valence-corrected chi connectivity index (χ0v) is 13.4. The average Bonchev–Trinajstić information content (AvgIpc) is 2.35. The Morgan fingerprint density at radius 3 is 2.39 bits per heavy atom. The topological polar surface area (TPSA) is 83.5 Å². The van der Waals surface area contributed by atoms with Crippen molar-refractivity contribution in [3.05, 3.63) is 35.4 Å². The summed E-state index contributed by atoms with van der Waals surface area (Å²) in [6, 6.07) is 2.61. The van der Waals surface area contributed by atoms with Crippen LogP contribution in [0.4, 0.5) is 13.2 Å². The van der Waals surface area contributed by atoms with Gasteiger partial charge in [0.25, 0.3) is 0 Å². The van der Waals surface area contributed by atoms with E-state index in [0.29, 0.717) is 0 Å². The number of benzene rings is 1. The van der Waals surface area contributed by atoms with Crippen LogP contribution >= 0.6 is 0 Å². The van der Waals surface area contributed by atoms with Crippen LogP contribution < -0.4 is 4.72 Å². The summed E-state index contributed by atoms with van der Waals surface area (Å²) < 4.78 is 63.9. The second-order valence-electron chi connectivity index (χ2n) is 5.60. The largest absolute Gasteiger partial charge is 0.480 e. The van der Waals surface area contributed by atoms with Crippen LogP contribution in [0.3, 0.4) is 0 Å². The maximum absolute atomic E-state index is 12.6. The van der Waals surface area contributed by atoms with Gasteiger partial charge in [-0.15, -0.1) is 0 Å². The Morgan fingerprint density at radius 1 is 1.30 bits per heavy atom. The molecule has 0 radical (unpaired) electrons. The molecule has 1 aromatic carbocycles. The van der Waals surface area contributed by atoms with Crippen LogP contribution in [0.25, 0.3) is 0 Å². The molecule has 0 saturated heterocycles. The number of rotatable bonds is 7. The first-order valence-corrected chi connectivity index (χ1v) is 8.45. The number of carboxylic acids is 1. The SMILES string of the molecule is CC(C)C[C@H](NS(=O)(=O)Cc1cccc(C(F)(F)F)c1)C(=O)O. The van der Waals surface area contributed by atoms with Crippen molar-refractivity contribution in [2.45, 2.75) is 38.2 Å². The van der Waals surface area contributed by atoms with Crippen molar-refractivity contribution in [2.75, 3.05) is 0 Å². The molecule has 0 saturated carbocycles. The van der Waals surface area contributed by atoms with Crippen molar-refractivity contribution < 1.29 is 31.5 Å². The van der Waals surface area contributed by atoms with Crippen LogP contribution in [0.15, 0.2) is 24.3 Å². The van der Waals surface area contributed by atoms with Gasteiger partial charge in [-0.25, -0.2) is 13.1 Å². The summed E-state index contributed by atoms with van der Waals surface area (Å²) in [6.07, 6.45) is -4.49. The summed E-state index contributed by atoms with van der Waals surface area (Å²) in [5.41, 5.74) is -1.02. The molecule has 1 atom stereocenters. The van der Waals surface area contributed by atoms with E-state index < -0.39 is 39.5 Å². The van der Waals surface area contributed by atoms with E-state index in [4.69, 9.17) is 5.11 Å². The summed E-state index contributed by atoms with van der Waals surface area (Å²) in [6.45, 7) is 3.47. The van der Waals surface area contributed by atoms with Crippen molar-refractivity contribution in [1.29, 1.82) is 0 Å². The van der Waals surface area contributed by atoms with Crippen molar-refractivity contribution in [2.24, 2.45) is 5.92 Å². The predicted molar refractivity (Wildman–Crippen MR) is 78.1 cm³/mol. The smallest absolute Gasteiger partial charge is 0.416 e. The van der Waals surface area contributed by atoms with E-state index in [9.17, 15) is 26.4 Å². The van der Waals surface area contributed by atoms with Gasteiger partial charge in [0.1, 0.15) is 6.04 Å². The normalized spacial score (nSPS) is 14.0. The predicted octanol–water partition coefficient (Wildman–Crippen LogP) is 2.62. The number of nitrogens with one attached hydrogen (secondary N) is 1. The third-order valence-electron chi connectivity index (χ3n) is 2.94. The molecule has 130 valence electrons. The van der Waals surface area contributed by atoms with Crippen molar-refractivity contribution in [1.82, 2.24) is 4.72 Å². The maximum atomic E-state index is 12.6. The fourth-order valence-corrected chi connectivity index (χ4v) is 3.32. The molecule has 0 amide bonds. The lowest BCUT2D eigenvalue weighted by Crippen LogP contribution is -2.42. The summed E-state index contributed by atoms with van der Waals surface area (Å²) in [4.78, 5) is 11.1. The van der Waals surface area contributed by atoms with E-state index in [2.05, 4.69) is 0 Å². The van der Waals surface area contributed by atoms with E-state index >= 15 is 0 Å². The number of hydrogen-bond acceptors (Lipinski definition) is 3. The monoisotopic (exact) mass is 353 g/mol. The lowest BCUT2D eigenvalue weighted by atomic mass is 10.1. The van der Waals surface area contributed by atoms with Gasteiger partial charge in [0, 0.05) is 0 Å². The molecule has 0 fully saturated rings. The highest BCUT2D eigenvalue weighted by Gasteiger charge is 2.31. The first-order chi connectivity index (χ1) is 10.4. The Bertz CT molecular complexity index is 656. The Kier molecular flexibility index (Phi) is 6.18. The molecule has 0 aliphatic rings. The zero-order chi connectivity index (χ0) is 17.8. The molecule has 23 heavy (non-hydrogen) atoms. The number of carbonyl (C=O) groups is 1. The molecule has 0 spiro atoms. The number of aliphatic carboxylic acids is 1. The molecule has 0 aromatic heterocycles. The average molecular weight is 353 g/mol. The second-order valence-corrected chi connectivity index (χ2v) is 7.35. The van der Waals surface area contributed by atoms with E-state index in [-0.39, 0.29) is 17.9 Å². The lowest BCUT2D eigenvalue weighted by Gasteiger charge is -2.17. The summed E-state index contributed by atoms with van der Waals surface area (Å²) >= 11 is 0. The number of carboxylic acid groups (broad SMARTS) is 1. The molecule has 0 aliphatic carbocycles. The van der Waals surface area contributed by atoms with Gasteiger partial charge in [0.2, 0.25) is 10.0 Å². The summed E-state index contributed by atoms with van der Waals surface area (Å²) in [5, 5.41) is 9.03. The standard InChI is InChI=1S/C14H18F3NO4S/c1-9(2)6-12(13(19)20)18-23(21,22)8-10-4-3-5-11(7-10)14(15,16)17/h3-5,7,9,12,18H,6,8H2,1-2H3,(H,19,20)/t12-/m0/s1. The van der Waals surface area contributed by atoms with Gasteiger partial charge < -0.3 is 5.11 Å². The minimum atomic E-state index is -4.57.